The number of carbonyl (C=O) groups is 3. The summed E-state index contributed by atoms with van der Waals surface area (Å²) in [6, 6.07) is 0. The van der Waals surface area contributed by atoms with Crippen molar-refractivity contribution in [2.75, 3.05) is 13.2 Å². The lowest BCUT2D eigenvalue weighted by Crippen LogP contribution is -2.30. The molecule has 0 aliphatic rings. The first-order chi connectivity index (χ1) is 27.9. The van der Waals surface area contributed by atoms with Crippen LogP contribution in [-0.2, 0) is 28.6 Å². The summed E-state index contributed by atoms with van der Waals surface area (Å²) in [6.45, 7) is 8.95. The van der Waals surface area contributed by atoms with Crippen molar-refractivity contribution in [2.45, 2.75) is 291 Å². The lowest BCUT2D eigenvalue weighted by Gasteiger charge is -2.18. The lowest BCUT2D eigenvalue weighted by atomic mass is 10.0. The van der Waals surface area contributed by atoms with Crippen LogP contribution in [0.25, 0.3) is 0 Å². The zero-order valence-electron chi connectivity index (χ0n) is 38.8. The summed E-state index contributed by atoms with van der Waals surface area (Å²) in [6.07, 6.45) is 47.0. The molecule has 6 nitrogen and oxygen atoms in total. The largest absolute Gasteiger partial charge is 0.462 e. The van der Waals surface area contributed by atoms with Gasteiger partial charge >= 0.3 is 17.9 Å². The van der Waals surface area contributed by atoms with Gasteiger partial charge in [-0.15, -0.1) is 0 Å². The first-order valence-electron chi connectivity index (χ1n) is 25.4. The van der Waals surface area contributed by atoms with Crippen LogP contribution in [-0.4, -0.2) is 37.2 Å². The maximum absolute atomic E-state index is 12.7. The van der Waals surface area contributed by atoms with Crippen molar-refractivity contribution >= 4 is 17.9 Å². The Hall–Kier alpha value is -1.59. The van der Waals surface area contributed by atoms with Crippen LogP contribution in [0.5, 0.6) is 0 Å². The first-order valence-corrected chi connectivity index (χ1v) is 25.4. The first kappa shape index (κ1) is 55.4. The highest BCUT2D eigenvalue weighted by molar-refractivity contribution is 5.71. The molecule has 1 atom stereocenters. The van der Waals surface area contributed by atoms with Crippen LogP contribution in [0.3, 0.4) is 0 Å². The number of rotatable bonds is 46. The van der Waals surface area contributed by atoms with Crippen molar-refractivity contribution in [2.24, 2.45) is 5.92 Å². The van der Waals surface area contributed by atoms with E-state index in [-0.39, 0.29) is 31.1 Å². The SMILES string of the molecule is CCCCCCCCCCCCCCCCCCCCCC(=O)O[C@@H](COC(=O)CCCCCCC)COC(=O)CCCCCCCCCCCCCCC(C)C. The number of carbonyl (C=O) groups excluding carboxylic acids is 3. The minimum Gasteiger partial charge on any atom is -0.462 e. The van der Waals surface area contributed by atoms with Gasteiger partial charge in [0.05, 0.1) is 0 Å². The third-order valence-corrected chi connectivity index (χ3v) is 11.5. The fourth-order valence-electron chi connectivity index (χ4n) is 7.69. The van der Waals surface area contributed by atoms with E-state index in [0.29, 0.717) is 19.3 Å². The van der Waals surface area contributed by atoms with E-state index in [1.807, 2.05) is 0 Å². The van der Waals surface area contributed by atoms with E-state index in [2.05, 4.69) is 27.7 Å². The van der Waals surface area contributed by atoms with Gasteiger partial charge in [-0.05, 0) is 25.2 Å². The van der Waals surface area contributed by atoms with E-state index < -0.39 is 6.10 Å². The van der Waals surface area contributed by atoms with Gasteiger partial charge in [-0.3, -0.25) is 14.4 Å². The second-order valence-electron chi connectivity index (χ2n) is 17.9. The molecule has 0 rings (SSSR count). The third kappa shape index (κ3) is 45.3. The van der Waals surface area contributed by atoms with Crippen molar-refractivity contribution in [3.63, 3.8) is 0 Å². The van der Waals surface area contributed by atoms with Gasteiger partial charge in [0.2, 0.25) is 0 Å². The van der Waals surface area contributed by atoms with Crippen molar-refractivity contribution in [3.8, 4) is 0 Å². The molecule has 0 unspecified atom stereocenters. The van der Waals surface area contributed by atoms with Crippen molar-refractivity contribution < 1.29 is 28.6 Å². The minimum atomic E-state index is -0.758. The van der Waals surface area contributed by atoms with Crippen molar-refractivity contribution in [1.82, 2.24) is 0 Å². The molecular formula is C51H98O6. The highest BCUT2D eigenvalue weighted by atomic mass is 16.6. The van der Waals surface area contributed by atoms with Crippen LogP contribution in [0.2, 0.25) is 0 Å². The quantitative estimate of drug-likeness (QED) is 0.0346. The number of ether oxygens (including phenoxy) is 3. The van der Waals surface area contributed by atoms with E-state index in [0.717, 1.165) is 70.1 Å². The summed E-state index contributed by atoms with van der Waals surface area (Å²) in [5.74, 6) is -0.0273. The fourth-order valence-corrected chi connectivity index (χ4v) is 7.69. The van der Waals surface area contributed by atoms with Crippen LogP contribution in [0.15, 0.2) is 0 Å². The average molecular weight is 807 g/mol. The molecule has 0 aromatic carbocycles. The number of unbranched alkanes of at least 4 members (excludes halogenated alkanes) is 33. The number of hydrogen-bond acceptors (Lipinski definition) is 6. The van der Waals surface area contributed by atoms with Gasteiger partial charge in [-0.1, -0.05) is 246 Å². The maximum atomic E-state index is 12.7. The Morgan fingerprint density at radius 3 is 0.860 bits per heavy atom. The molecule has 0 heterocycles. The monoisotopic (exact) mass is 807 g/mol. The van der Waals surface area contributed by atoms with Crippen LogP contribution < -0.4 is 0 Å². The van der Waals surface area contributed by atoms with E-state index in [1.165, 1.54) is 173 Å². The summed E-state index contributed by atoms with van der Waals surface area (Å²) in [4.78, 5) is 37.6. The van der Waals surface area contributed by atoms with Gasteiger partial charge in [0, 0.05) is 19.3 Å². The lowest BCUT2D eigenvalue weighted by molar-refractivity contribution is -0.167. The molecule has 0 radical (unpaired) electrons. The number of esters is 3. The Labute approximate surface area is 355 Å². The third-order valence-electron chi connectivity index (χ3n) is 11.5. The molecule has 0 bridgehead atoms. The molecule has 0 aliphatic heterocycles. The summed E-state index contributed by atoms with van der Waals surface area (Å²) in [5, 5.41) is 0. The van der Waals surface area contributed by atoms with Gasteiger partial charge in [-0.2, -0.15) is 0 Å². The molecule has 0 saturated carbocycles. The normalized spacial score (nSPS) is 11.9. The minimum absolute atomic E-state index is 0.0642. The average Bonchev–Trinajstić information content (AvgIpc) is 3.19. The molecule has 0 aromatic rings. The fraction of sp³-hybridized carbons (Fsp3) is 0.941. The van der Waals surface area contributed by atoms with Crippen LogP contribution in [0.4, 0.5) is 0 Å². The highest BCUT2D eigenvalue weighted by Crippen LogP contribution is 2.17. The van der Waals surface area contributed by atoms with Gasteiger partial charge in [0.1, 0.15) is 13.2 Å². The molecule has 0 aliphatic carbocycles. The molecule has 0 spiro atoms. The summed E-state index contributed by atoms with van der Waals surface area (Å²) >= 11 is 0. The second kappa shape index (κ2) is 45.5. The molecule has 0 N–H and O–H groups in total. The number of hydrogen-bond donors (Lipinski definition) is 0. The van der Waals surface area contributed by atoms with Gasteiger partial charge < -0.3 is 14.2 Å². The van der Waals surface area contributed by atoms with E-state index in [4.69, 9.17) is 14.2 Å². The topological polar surface area (TPSA) is 78.9 Å². The van der Waals surface area contributed by atoms with E-state index >= 15 is 0 Å². The Kier molecular flexibility index (Phi) is 44.2. The van der Waals surface area contributed by atoms with E-state index in [9.17, 15) is 14.4 Å². The molecule has 57 heavy (non-hydrogen) atoms. The molecule has 0 saturated heterocycles. The Bertz CT molecular complexity index is 857. The molecule has 0 fully saturated rings. The van der Waals surface area contributed by atoms with Crippen molar-refractivity contribution in [1.29, 1.82) is 0 Å². The summed E-state index contributed by atoms with van der Waals surface area (Å²) in [5.41, 5.74) is 0. The van der Waals surface area contributed by atoms with Gasteiger partial charge in [-0.25, -0.2) is 0 Å². The summed E-state index contributed by atoms with van der Waals surface area (Å²) in [7, 11) is 0. The highest BCUT2D eigenvalue weighted by Gasteiger charge is 2.19. The van der Waals surface area contributed by atoms with Gasteiger partial charge in [0.15, 0.2) is 6.10 Å². The maximum Gasteiger partial charge on any atom is 0.306 e. The molecular weight excluding hydrogens is 709 g/mol. The Balaban J connectivity index is 4.10. The zero-order chi connectivity index (χ0) is 41.7. The van der Waals surface area contributed by atoms with Gasteiger partial charge in [0.25, 0.3) is 0 Å². The van der Waals surface area contributed by atoms with Crippen LogP contribution in [0.1, 0.15) is 285 Å². The molecule has 0 aromatic heterocycles. The molecule has 6 heteroatoms. The zero-order valence-corrected chi connectivity index (χ0v) is 38.8. The standard InChI is InChI=1S/C51H98O6/c1-5-7-9-11-12-13-14-15-16-17-18-19-20-21-26-29-32-36-40-44-51(54)57-48(45-55-49(52)42-38-33-10-8-6-2)46-56-50(53)43-39-35-31-28-25-23-22-24-27-30-34-37-41-47(3)4/h47-48H,5-46H2,1-4H3/t48-/m0/s1. The second-order valence-corrected chi connectivity index (χ2v) is 17.9. The Morgan fingerprint density at radius 2 is 0.579 bits per heavy atom. The van der Waals surface area contributed by atoms with Crippen LogP contribution in [0, 0.1) is 5.92 Å². The molecule has 338 valence electrons. The van der Waals surface area contributed by atoms with E-state index in [1.54, 1.807) is 0 Å². The Morgan fingerprint density at radius 1 is 0.333 bits per heavy atom. The predicted molar refractivity (Wildman–Crippen MR) is 243 cm³/mol. The molecule has 0 amide bonds. The predicted octanol–water partition coefficient (Wildman–Crippen LogP) is 16.3. The van der Waals surface area contributed by atoms with Crippen molar-refractivity contribution in [3.05, 3.63) is 0 Å². The smallest absolute Gasteiger partial charge is 0.306 e. The summed E-state index contributed by atoms with van der Waals surface area (Å²) < 4.78 is 16.7. The van der Waals surface area contributed by atoms with Crippen LogP contribution >= 0.6 is 0 Å².